The summed E-state index contributed by atoms with van der Waals surface area (Å²) in [4.78, 5) is 37.0. The highest BCUT2D eigenvalue weighted by Gasteiger charge is 2.21. The molecule has 0 unspecified atom stereocenters. The summed E-state index contributed by atoms with van der Waals surface area (Å²) in [6, 6.07) is 13.3. The molecule has 0 aliphatic carbocycles. The van der Waals surface area contributed by atoms with Gasteiger partial charge in [-0.3, -0.25) is 14.4 Å². The minimum Gasteiger partial charge on any atom is -0.481 e. The summed E-state index contributed by atoms with van der Waals surface area (Å²) in [6.45, 7) is 0.967. The molecule has 0 saturated heterocycles. The summed E-state index contributed by atoms with van der Waals surface area (Å²) in [5.41, 5.74) is 3.78. The number of nitrogens with one attached hydrogen (secondary N) is 1. The van der Waals surface area contributed by atoms with E-state index in [4.69, 9.17) is 5.11 Å². The van der Waals surface area contributed by atoms with Crippen LogP contribution in [-0.4, -0.2) is 40.9 Å². The first-order valence-electron chi connectivity index (χ1n) is 9.22. The minimum atomic E-state index is -0.857. The Hall–Kier alpha value is -2.68. The van der Waals surface area contributed by atoms with Crippen LogP contribution in [0.25, 0.3) is 6.08 Å². The van der Waals surface area contributed by atoms with Crippen LogP contribution in [-0.2, 0) is 33.8 Å². The van der Waals surface area contributed by atoms with E-state index in [2.05, 4.69) is 27.9 Å². The zero-order valence-electron chi connectivity index (χ0n) is 15.7. The van der Waals surface area contributed by atoms with Gasteiger partial charge in [0.25, 0.3) is 0 Å². The Morgan fingerprint density at radius 1 is 1.10 bits per heavy atom. The van der Waals surface area contributed by atoms with E-state index in [1.54, 1.807) is 17.0 Å². The molecule has 29 heavy (non-hydrogen) atoms. The van der Waals surface area contributed by atoms with Crippen molar-refractivity contribution in [3.8, 4) is 0 Å². The van der Waals surface area contributed by atoms with Crippen molar-refractivity contribution in [2.75, 3.05) is 13.1 Å². The third-order valence-electron chi connectivity index (χ3n) is 4.70. The second-order valence-electron chi connectivity index (χ2n) is 6.84. The summed E-state index contributed by atoms with van der Waals surface area (Å²) in [5, 5.41) is 11.5. The summed E-state index contributed by atoms with van der Waals surface area (Å²) < 4.78 is 1.12. The third kappa shape index (κ3) is 6.15. The number of hydrogen-bond donors (Lipinski definition) is 2. The number of halogens is 1. The van der Waals surface area contributed by atoms with E-state index in [0.29, 0.717) is 19.5 Å². The monoisotopic (exact) mass is 504 g/mol. The summed E-state index contributed by atoms with van der Waals surface area (Å²) in [5.74, 6) is -1.31. The van der Waals surface area contributed by atoms with Crippen molar-refractivity contribution in [1.29, 1.82) is 0 Å². The predicted molar refractivity (Wildman–Crippen MR) is 118 cm³/mol. The molecule has 2 aromatic rings. The normalized spacial score (nSPS) is 13.2. The molecular weight excluding hydrogens is 483 g/mol. The van der Waals surface area contributed by atoms with Crippen LogP contribution in [0.2, 0.25) is 0 Å². The van der Waals surface area contributed by atoms with E-state index < -0.39 is 5.97 Å². The highest BCUT2D eigenvalue weighted by molar-refractivity contribution is 14.1. The molecule has 2 amide bonds. The van der Waals surface area contributed by atoms with Crippen molar-refractivity contribution in [1.82, 2.24) is 10.2 Å². The van der Waals surface area contributed by atoms with Crippen molar-refractivity contribution in [2.24, 2.45) is 0 Å². The second-order valence-corrected chi connectivity index (χ2v) is 8.09. The molecule has 3 rings (SSSR count). The number of carbonyl (C=O) groups is 3. The molecule has 7 heteroatoms. The maximum Gasteiger partial charge on any atom is 0.307 e. The molecule has 0 spiro atoms. The van der Waals surface area contributed by atoms with Crippen molar-refractivity contribution in [2.45, 2.75) is 19.4 Å². The van der Waals surface area contributed by atoms with Gasteiger partial charge in [0.2, 0.25) is 11.8 Å². The van der Waals surface area contributed by atoms with Gasteiger partial charge in [-0.2, -0.15) is 0 Å². The SMILES string of the molecule is O=C(O)Cc1ccc2c(c1)CCN(C(=O)CNC(=O)/C=C/c1ccc(I)cc1)C2. The fraction of sp³-hybridized carbons (Fsp3) is 0.227. The van der Waals surface area contributed by atoms with Crippen LogP contribution in [0.5, 0.6) is 0 Å². The second kappa shape index (κ2) is 9.69. The first-order valence-corrected chi connectivity index (χ1v) is 10.3. The lowest BCUT2D eigenvalue weighted by Gasteiger charge is -2.29. The number of amides is 2. The predicted octanol–water partition coefficient (Wildman–Crippen LogP) is 2.63. The Bertz CT molecular complexity index is 954. The molecule has 0 aromatic heterocycles. The topological polar surface area (TPSA) is 86.7 Å². The van der Waals surface area contributed by atoms with Crippen LogP contribution in [0.15, 0.2) is 48.5 Å². The molecule has 2 N–H and O–H groups in total. The molecule has 0 radical (unpaired) electrons. The van der Waals surface area contributed by atoms with E-state index in [1.807, 2.05) is 36.4 Å². The molecule has 2 aromatic carbocycles. The standard InChI is InChI=1S/C22H21IN2O4/c23-19-6-2-15(3-7-19)4-8-20(26)24-13-21(27)25-10-9-17-11-16(12-22(28)29)1-5-18(17)14-25/h1-8,11H,9-10,12-14H2,(H,24,26)(H,28,29)/b8-4+. The molecular formula is C22H21IN2O4. The number of carboxylic acids is 1. The highest BCUT2D eigenvalue weighted by Crippen LogP contribution is 2.21. The Balaban J connectivity index is 1.50. The van der Waals surface area contributed by atoms with E-state index in [-0.39, 0.29) is 24.8 Å². The number of carbonyl (C=O) groups excluding carboxylic acids is 2. The molecule has 0 bridgehead atoms. The fourth-order valence-electron chi connectivity index (χ4n) is 3.18. The Morgan fingerprint density at radius 3 is 2.59 bits per heavy atom. The van der Waals surface area contributed by atoms with Crippen molar-refractivity contribution in [3.63, 3.8) is 0 Å². The minimum absolute atomic E-state index is 0.00229. The summed E-state index contributed by atoms with van der Waals surface area (Å²) >= 11 is 2.22. The van der Waals surface area contributed by atoms with Crippen molar-refractivity contribution in [3.05, 3.63) is 74.4 Å². The molecule has 1 heterocycles. The third-order valence-corrected chi connectivity index (χ3v) is 5.42. The van der Waals surface area contributed by atoms with Crippen LogP contribution in [0, 0.1) is 3.57 Å². The first kappa shape index (κ1) is 21.0. The molecule has 150 valence electrons. The van der Waals surface area contributed by atoms with Crippen LogP contribution in [0.1, 0.15) is 22.3 Å². The van der Waals surface area contributed by atoms with Gasteiger partial charge in [0.1, 0.15) is 0 Å². The van der Waals surface area contributed by atoms with Gasteiger partial charge in [-0.1, -0.05) is 30.3 Å². The van der Waals surface area contributed by atoms with Gasteiger partial charge in [0.05, 0.1) is 13.0 Å². The molecule has 6 nitrogen and oxygen atoms in total. The number of benzene rings is 2. The smallest absolute Gasteiger partial charge is 0.307 e. The van der Waals surface area contributed by atoms with Crippen molar-refractivity contribution >= 4 is 46.5 Å². The maximum atomic E-state index is 12.4. The maximum absolute atomic E-state index is 12.4. The van der Waals surface area contributed by atoms with E-state index in [0.717, 1.165) is 25.8 Å². The molecule has 1 aliphatic rings. The van der Waals surface area contributed by atoms with Crippen LogP contribution in [0.3, 0.4) is 0 Å². The number of rotatable bonds is 6. The number of aliphatic carboxylic acids is 1. The number of nitrogens with zero attached hydrogens (tertiary/aromatic N) is 1. The lowest BCUT2D eigenvalue weighted by molar-refractivity contribution is -0.136. The number of fused-ring (bicyclic) bond motifs is 1. The Kier molecular flexibility index (Phi) is 7.03. The van der Waals surface area contributed by atoms with Gasteiger partial charge >= 0.3 is 5.97 Å². The van der Waals surface area contributed by atoms with Gasteiger partial charge in [-0.15, -0.1) is 0 Å². The Labute approximate surface area is 182 Å². The Morgan fingerprint density at radius 2 is 1.86 bits per heavy atom. The highest BCUT2D eigenvalue weighted by atomic mass is 127. The van der Waals surface area contributed by atoms with Crippen molar-refractivity contribution < 1.29 is 19.5 Å². The number of hydrogen-bond acceptors (Lipinski definition) is 3. The lowest BCUT2D eigenvalue weighted by Crippen LogP contribution is -2.42. The van der Waals surface area contributed by atoms with Gasteiger partial charge in [0.15, 0.2) is 0 Å². The average Bonchev–Trinajstić information content (AvgIpc) is 2.70. The van der Waals surface area contributed by atoms with Gasteiger partial charge < -0.3 is 15.3 Å². The molecule has 1 aliphatic heterocycles. The zero-order valence-corrected chi connectivity index (χ0v) is 17.9. The average molecular weight is 504 g/mol. The van der Waals surface area contributed by atoms with E-state index >= 15 is 0 Å². The summed E-state index contributed by atoms with van der Waals surface area (Å²) in [7, 11) is 0. The lowest BCUT2D eigenvalue weighted by atomic mass is 9.96. The van der Waals surface area contributed by atoms with Gasteiger partial charge in [-0.25, -0.2) is 0 Å². The zero-order chi connectivity index (χ0) is 20.8. The largest absolute Gasteiger partial charge is 0.481 e. The van der Waals surface area contributed by atoms with E-state index in [9.17, 15) is 14.4 Å². The van der Waals surface area contributed by atoms with Crippen LogP contribution in [0.4, 0.5) is 0 Å². The van der Waals surface area contributed by atoms with Gasteiger partial charge in [-0.05, 0) is 69.5 Å². The molecule has 0 fully saturated rings. The molecule has 0 atom stereocenters. The van der Waals surface area contributed by atoms with Crippen LogP contribution >= 0.6 is 22.6 Å². The summed E-state index contributed by atoms with van der Waals surface area (Å²) in [6.07, 6.45) is 3.81. The quantitative estimate of drug-likeness (QED) is 0.468. The molecule has 0 saturated carbocycles. The fourth-order valence-corrected chi connectivity index (χ4v) is 3.54. The number of carboxylic acid groups (broad SMARTS) is 1. The first-order chi connectivity index (χ1) is 13.9. The van der Waals surface area contributed by atoms with Crippen LogP contribution < -0.4 is 5.32 Å². The van der Waals surface area contributed by atoms with Gasteiger partial charge in [0, 0.05) is 22.7 Å². The van der Waals surface area contributed by atoms with E-state index in [1.165, 1.54) is 6.08 Å².